The van der Waals surface area contributed by atoms with Crippen LogP contribution in [0.1, 0.15) is 24.3 Å². The fourth-order valence-electron chi connectivity index (χ4n) is 1.99. The number of hydrogen-bond acceptors (Lipinski definition) is 4. The van der Waals surface area contributed by atoms with Crippen molar-refractivity contribution < 1.29 is 5.11 Å². The zero-order chi connectivity index (χ0) is 16.0. The zero-order valence-corrected chi connectivity index (χ0v) is 14.0. The average molecular weight is 321 g/mol. The third kappa shape index (κ3) is 4.57. The number of rotatable bonds is 6. The van der Waals surface area contributed by atoms with E-state index in [2.05, 4.69) is 20.7 Å². The largest absolute Gasteiger partial charge is 0.383 e. The van der Waals surface area contributed by atoms with Crippen LogP contribution < -0.4 is 10.6 Å². The predicted octanol–water partition coefficient (Wildman–Crippen LogP) is 1.44. The summed E-state index contributed by atoms with van der Waals surface area (Å²) in [6.45, 7) is 5.52. The van der Waals surface area contributed by atoms with E-state index in [0.717, 1.165) is 17.0 Å². The van der Waals surface area contributed by atoms with Gasteiger partial charge in [-0.15, -0.1) is 11.3 Å². The topological polar surface area (TPSA) is 74.5 Å². The van der Waals surface area contributed by atoms with Crippen LogP contribution in [0.25, 0.3) is 0 Å². The lowest BCUT2D eigenvalue weighted by Gasteiger charge is -2.23. The first-order chi connectivity index (χ1) is 10.5. The molecule has 0 bridgehead atoms. The van der Waals surface area contributed by atoms with Crippen molar-refractivity contribution in [3.8, 4) is 0 Å². The molecule has 2 aromatic heterocycles. The van der Waals surface area contributed by atoms with Gasteiger partial charge in [-0.25, -0.2) is 4.99 Å². The first-order valence-electron chi connectivity index (χ1n) is 7.27. The minimum absolute atomic E-state index is 0.395. The number of aryl methyl sites for hydroxylation is 1. The predicted molar refractivity (Wildman–Crippen MR) is 89.9 cm³/mol. The van der Waals surface area contributed by atoms with E-state index in [9.17, 15) is 5.11 Å². The van der Waals surface area contributed by atoms with Gasteiger partial charge < -0.3 is 15.7 Å². The normalized spacial score (nSPS) is 14.6. The molecule has 1 unspecified atom stereocenters. The van der Waals surface area contributed by atoms with Crippen LogP contribution in [0.15, 0.2) is 34.9 Å². The molecule has 0 amide bonds. The van der Waals surface area contributed by atoms with Gasteiger partial charge in [-0.1, -0.05) is 6.07 Å². The van der Waals surface area contributed by atoms with Crippen LogP contribution >= 0.6 is 11.3 Å². The van der Waals surface area contributed by atoms with E-state index in [1.165, 1.54) is 0 Å². The number of aromatic nitrogens is 2. The van der Waals surface area contributed by atoms with Gasteiger partial charge in [0.25, 0.3) is 0 Å². The van der Waals surface area contributed by atoms with Crippen LogP contribution in [0.2, 0.25) is 0 Å². The highest BCUT2D eigenvalue weighted by Crippen LogP contribution is 2.24. The highest BCUT2D eigenvalue weighted by atomic mass is 32.1. The Morgan fingerprint density at radius 3 is 2.91 bits per heavy atom. The van der Waals surface area contributed by atoms with Crippen LogP contribution in [0.4, 0.5) is 0 Å². The molecule has 0 radical (unpaired) electrons. The van der Waals surface area contributed by atoms with Crippen LogP contribution in [-0.4, -0.2) is 33.9 Å². The Morgan fingerprint density at radius 2 is 2.32 bits per heavy atom. The molecule has 2 heterocycles. The number of thiophene rings is 1. The van der Waals surface area contributed by atoms with Crippen molar-refractivity contribution >= 4 is 17.3 Å². The second-order valence-corrected chi connectivity index (χ2v) is 6.27. The van der Waals surface area contributed by atoms with Crippen molar-refractivity contribution in [2.75, 3.05) is 13.1 Å². The maximum Gasteiger partial charge on any atom is 0.191 e. The minimum atomic E-state index is -0.918. The van der Waals surface area contributed by atoms with Crippen molar-refractivity contribution in [3.05, 3.63) is 40.3 Å². The number of hydrogen-bond donors (Lipinski definition) is 3. The van der Waals surface area contributed by atoms with E-state index in [0.29, 0.717) is 19.0 Å². The average Bonchev–Trinajstić information content (AvgIpc) is 3.13. The minimum Gasteiger partial charge on any atom is -0.383 e. The van der Waals surface area contributed by atoms with Gasteiger partial charge in [-0.3, -0.25) is 4.68 Å². The van der Waals surface area contributed by atoms with Gasteiger partial charge in [0, 0.05) is 30.2 Å². The van der Waals surface area contributed by atoms with Gasteiger partial charge in [-0.2, -0.15) is 5.10 Å². The van der Waals surface area contributed by atoms with Crippen LogP contribution in [0, 0.1) is 0 Å². The third-order valence-corrected chi connectivity index (χ3v) is 4.30. The van der Waals surface area contributed by atoms with Gasteiger partial charge in [0.15, 0.2) is 5.96 Å². The summed E-state index contributed by atoms with van der Waals surface area (Å²) in [6.07, 6.45) is 3.74. The van der Waals surface area contributed by atoms with E-state index >= 15 is 0 Å². The van der Waals surface area contributed by atoms with E-state index in [4.69, 9.17) is 0 Å². The number of guanidine groups is 1. The Labute approximate surface area is 134 Å². The summed E-state index contributed by atoms with van der Waals surface area (Å²) < 4.78 is 1.76. The Bertz CT molecular complexity index is 603. The Kier molecular flexibility index (Phi) is 5.57. The summed E-state index contributed by atoms with van der Waals surface area (Å²) in [5.41, 5.74) is 0.128. The van der Waals surface area contributed by atoms with Crippen molar-refractivity contribution in [3.63, 3.8) is 0 Å². The molecule has 120 valence electrons. The van der Waals surface area contributed by atoms with Gasteiger partial charge in [0.05, 0.1) is 19.3 Å². The first-order valence-corrected chi connectivity index (χ1v) is 8.15. The maximum absolute atomic E-state index is 10.5. The molecule has 3 N–H and O–H groups in total. The molecule has 0 aliphatic rings. The highest BCUT2D eigenvalue weighted by molar-refractivity contribution is 7.10. The molecule has 0 saturated carbocycles. The summed E-state index contributed by atoms with van der Waals surface area (Å²) in [6, 6.07) is 3.88. The van der Waals surface area contributed by atoms with Crippen LogP contribution in [0.5, 0.6) is 0 Å². The molecule has 2 aromatic rings. The van der Waals surface area contributed by atoms with Crippen LogP contribution in [0.3, 0.4) is 0 Å². The van der Waals surface area contributed by atoms with Gasteiger partial charge in [-0.05, 0) is 25.3 Å². The molecule has 0 fully saturated rings. The summed E-state index contributed by atoms with van der Waals surface area (Å²) in [5, 5.41) is 23.0. The number of nitrogens with zero attached hydrogens (tertiary/aromatic N) is 3. The second-order valence-electron chi connectivity index (χ2n) is 5.32. The monoisotopic (exact) mass is 321 g/mol. The standard InChI is InChI=1S/C15H23N5OS/c1-4-16-14(17-8-12-9-19-20(3)10-12)18-11-15(2,21)13-6-5-7-22-13/h5-7,9-10,21H,4,8,11H2,1-3H3,(H2,16,17,18). The van der Waals surface area contributed by atoms with Gasteiger partial charge in [0.2, 0.25) is 0 Å². The Hall–Kier alpha value is -1.86. The number of nitrogens with one attached hydrogen (secondary N) is 2. The lowest BCUT2D eigenvalue weighted by molar-refractivity contribution is 0.0655. The molecule has 1 atom stereocenters. The van der Waals surface area contributed by atoms with Crippen LogP contribution in [-0.2, 0) is 19.2 Å². The van der Waals surface area contributed by atoms with Gasteiger partial charge in [0.1, 0.15) is 5.60 Å². The Balaban J connectivity index is 1.96. The lowest BCUT2D eigenvalue weighted by Crippen LogP contribution is -2.44. The number of aliphatic hydroxyl groups is 1. The van der Waals surface area contributed by atoms with Crippen molar-refractivity contribution in [1.82, 2.24) is 20.4 Å². The first kappa shape index (κ1) is 16.5. The smallest absolute Gasteiger partial charge is 0.191 e. The maximum atomic E-state index is 10.5. The van der Waals surface area contributed by atoms with Crippen molar-refractivity contribution in [2.45, 2.75) is 26.0 Å². The summed E-state index contributed by atoms with van der Waals surface area (Å²) >= 11 is 1.55. The van der Waals surface area contributed by atoms with E-state index in [-0.39, 0.29) is 0 Å². The molecule has 0 aromatic carbocycles. The molecule has 0 aliphatic heterocycles. The summed E-state index contributed by atoms with van der Waals surface area (Å²) in [7, 11) is 1.88. The zero-order valence-electron chi connectivity index (χ0n) is 13.2. The van der Waals surface area contributed by atoms with Crippen molar-refractivity contribution in [1.29, 1.82) is 0 Å². The molecular formula is C15H23N5OS. The van der Waals surface area contributed by atoms with Crippen molar-refractivity contribution in [2.24, 2.45) is 12.0 Å². The molecular weight excluding hydrogens is 298 g/mol. The quantitative estimate of drug-likeness (QED) is 0.556. The lowest BCUT2D eigenvalue weighted by atomic mass is 10.1. The summed E-state index contributed by atoms with van der Waals surface area (Å²) in [5.74, 6) is 0.684. The summed E-state index contributed by atoms with van der Waals surface area (Å²) in [4.78, 5) is 5.45. The molecule has 22 heavy (non-hydrogen) atoms. The fourth-order valence-corrected chi connectivity index (χ4v) is 2.78. The fraction of sp³-hybridized carbons (Fsp3) is 0.467. The molecule has 2 rings (SSSR count). The van der Waals surface area contributed by atoms with E-state index in [1.54, 1.807) is 29.1 Å². The van der Waals surface area contributed by atoms with E-state index < -0.39 is 5.60 Å². The SMILES string of the molecule is CCNC(=NCc1cnn(C)c1)NCC(C)(O)c1cccs1. The second kappa shape index (κ2) is 7.42. The molecule has 6 nitrogen and oxygen atoms in total. The van der Waals surface area contributed by atoms with E-state index in [1.807, 2.05) is 37.7 Å². The van der Waals surface area contributed by atoms with Gasteiger partial charge >= 0.3 is 0 Å². The molecule has 7 heteroatoms. The Morgan fingerprint density at radius 1 is 1.50 bits per heavy atom. The molecule has 0 aliphatic carbocycles. The highest BCUT2D eigenvalue weighted by Gasteiger charge is 2.24. The molecule has 0 spiro atoms. The third-order valence-electron chi connectivity index (χ3n) is 3.17. The molecule has 0 saturated heterocycles. The number of aliphatic imine (C=N–C) groups is 1.